The molecule has 6 nitrogen and oxygen atoms in total. The summed E-state index contributed by atoms with van der Waals surface area (Å²) in [5, 5.41) is 6.90. The molecule has 1 N–H and O–H groups in total. The predicted molar refractivity (Wildman–Crippen MR) is 61.5 cm³/mol. The molecule has 1 rings (SSSR count). The maximum atomic E-state index is 11.2. The van der Waals surface area contributed by atoms with Gasteiger partial charge in [-0.2, -0.15) is 4.98 Å². The maximum absolute atomic E-state index is 11.2. The van der Waals surface area contributed by atoms with E-state index in [-0.39, 0.29) is 12.0 Å². The van der Waals surface area contributed by atoms with E-state index >= 15 is 0 Å². The van der Waals surface area contributed by atoms with Crippen molar-refractivity contribution in [2.24, 2.45) is 0 Å². The SMILES string of the molecule is CCOC(=O)CC(C)NCCc1nc(C)no1. The van der Waals surface area contributed by atoms with Gasteiger partial charge in [0.2, 0.25) is 5.89 Å². The summed E-state index contributed by atoms with van der Waals surface area (Å²) in [7, 11) is 0. The summed E-state index contributed by atoms with van der Waals surface area (Å²) in [4.78, 5) is 15.3. The standard InChI is InChI=1S/C11H19N3O3/c1-4-16-11(15)7-8(2)12-6-5-10-13-9(3)14-17-10/h8,12H,4-7H2,1-3H3. The van der Waals surface area contributed by atoms with E-state index in [9.17, 15) is 4.79 Å². The molecule has 1 unspecified atom stereocenters. The highest BCUT2D eigenvalue weighted by Gasteiger charge is 2.09. The van der Waals surface area contributed by atoms with Gasteiger partial charge in [0.1, 0.15) is 0 Å². The fourth-order valence-corrected chi connectivity index (χ4v) is 1.41. The molecule has 0 amide bonds. The smallest absolute Gasteiger partial charge is 0.307 e. The minimum absolute atomic E-state index is 0.0815. The van der Waals surface area contributed by atoms with Crippen LogP contribution in [0.4, 0.5) is 0 Å². The Morgan fingerprint density at radius 2 is 2.35 bits per heavy atom. The van der Waals surface area contributed by atoms with Crippen LogP contribution < -0.4 is 5.32 Å². The molecule has 17 heavy (non-hydrogen) atoms. The Hall–Kier alpha value is -1.43. The highest BCUT2D eigenvalue weighted by Crippen LogP contribution is 1.98. The summed E-state index contributed by atoms with van der Waals surface area (Å²) in [5.41, 5.74) is 0. The van der Waals surface area contributed by atoms with Crippen molar-refractivity contribution >= 4 is 5.97 Å². The number of ether oxygens (including phenoxy) is 1. The minimum atomic E-state index is -0.180. The molecule has 0 aliphatic carbocycles. The first-order valence-electron chi connectivity index (χ1n) is 5.80. The first-order chi connectivity index (χ1) is 8.11. The number of hydrogen-bond acceptors (Lipinski definition) is 6. The summed E-state index contributed by atoms with van der Waals surface area (Å²) >= 11 is 0. The van der Waals surface area contributed by atoms with Gasteiger partial charge in [-0.05, 0) is 20.8 Å². The van der Waals surface area contributed by atoms with Gasteiger partial charge in [-0.3, -0.25) is 4.79 Å². The number of aromatic nitrogens is 2. The van der Waals surface area contributed by atoms with Gasteiger partial charge < -0.3 is 14.6 Å². The summed E-state index contributed by atoms with van der Waals surface area (Å²) in [5.74, 6) is 1.07. The molecule has 0 saturated heterocycles. The van der Waals surface area contributed by atoms with Crippen LogP contribution >= 0.6 is 0 Å². The van der Waals surface area contributed by atoms with Gasteiger partial charge in [0.25, 0.3) is 0 Å². The van der Waals surface area contributed by atoms with Crippen LogP contribution in [0.5, 0.6) is 0 Å². The van der Waals surface area contributed by atoms with Crippen molar-refractivity contribution in [2.75, 3.05) is 13.2 Å². The normalized spacial score (nSPS) is 12.4. The van der Waals surface area contributed by atoms with Crippen LogP contribution in [-0.4, -0.2) is 35.3 Å². The molecular formula is C11H19N3O3. The van der Waals surface area contributed by atoms with Gasteiger partial charge in [-0.25, -0.2) is 0 Å². The zero-order chi connectivity index (χ0) is 12.7. The number of nitrogens with one attached hydrogen (secondary N) is 1. The van der Waals surface area contributed by atoms with Crippen molar-refractivity contribution in [3.05, 3.63) is 11.7 Å². The molecule has 0 radical (unpaired) electrons. The molecule has 0 aromatic carbocycles. The van der Waals surface area contributed by atoms with Crippen molar-refractivity contribution in [3.63, 3.8) is 0 Å². The number of aryl methyl sites for hydroxylation is 1. The van der Waals surface area contributed by atoms with Gasteiger partial charge in [0.05, 0.1) is 13.0 Å². The van der Waals surface area contributed by atoms with Gasteiger partial charge in [-0.1, -0.05) is 5.16 Å². The average molecular weight is 241 g/mol. The third-order valence-electron chi connectivity index (χ3n) is 2.18. The van der Waals surface area contributed by atoms with Gasteiger partial charge >= 0.3 is 5.97 Å². The Balaban J connectivity index is 2.15. The molecule has 0 bridgehead atoms. The van der Waals surface area contributed by atoms with Gasteiger partial charge in [-0.15, -0.1) is 0 Å². The van der Waals surface area contributed by atoms with E-state index in [2.05, 4.69) is 15.5 Å². The summed E-state index contributed by atoms with van der Waals surface area (Å²) in [6.45, 7) is 6.64. The number of nitrogens with zero attached hydrogens (tertiary/aromatic N) is 2. The largest absolute Gasteiger partial charge is 0.466 e. The average Bonchev–Trinajstić information content (AvgIpc) is 2.64. The van der Waals surface area contributed by atoms with E-state index in [1.165, 1.54) is 0 Å². The lowest BCUT2D eigenvalue weighted by Crippen LogP contribution is -2.30. The summed E-state index contributed by atoms with van der Waals surface area (Å²) in [6, 6.07) is 0.0815. The monoisotopic (exact) mass is 241 g/mol. The van der Waals surface area contributed by atoms with Crippen molar-refractivity contribution in [1.29, 1.82) is 0 Å². The zero-order valence-electron chi connectivity index (χ0n) is 10.5. The molecule has 0 aliphatic rings. The molecule has 0 saturated carbocycles. The second kappa shape index (κ2) is 7.01. The second-order valence-corrected chi connectivity index (χ2v) is 3.85. The Morgan fingerprint density at radius 1 is 1.59 bits per heavy atom. The zero-order valence-corrected chi connectivity index (χ0v) is 10.5. The Morgan fingerprint density at radius 3 is 2.94 bits per heavy atom. The lowest BCUT2D eigenvalue weighted by atomic mass is 10.2. The Labute approximate surface area is 101 Å². The van der Waals surface area contributed by atoms with E-state index < -0.39 is 0 Å². The van der Waals surface area contributed by atoms with E-state index in [1.807, 2.05) is 6.92 Å². The van der Waals surface area contributed by atoms with E-state index in [1.54, 1.807) is 13.8 Å². The highest BCUT2D eigenvalue weighted by molar-refractivity contribution is 5.69. The van der Waals surface area contributed by atoms with Crippen LogP contribution in [0.1, 0.15) is 32.0 Å². The molecule has 1 aromatic heterocycles. The van der Waals surface area contributed by atoms with Crippen LogP contribution in [-0.2, 0) is 16.0 Å². The third kappa shape index (κ3) is 5.44. The predicted octanol–water partition coefficient (Wildman–Crippen LogP) is 0.852. The van der Waals surface area contributed by atoms with E-state index in [4.69, 9.17) is 9.26 Å². The first-order valence-corrected chi connectivity index (χ1v) is 5.80. The molecule has 0 spiro atoms. The Kier molecular flexibility index (Phi) is 5.62. The van der Waals surface area contributed by atoms with Crippen LogP contribution in [0.25, 0.3) is 0 Å². The molecule has 6 heteroatoms. The number of rotatable bonds is 7. The molecule has 96 valence electrons. The summed E-state index contributed by atoms with van der Waals surface area (Å²) < 4.78 is 9.83. The lowest BCUT2D eigenvalue weighted by Gasteiger charge is -2.11. The molecular weight excluding hydrogens is 222 g/mol. The molecule has 1 heterocycles. The van der Waals surface area contributed by atoms with Crippen molar-refractivity contribution < 1.29 is 14.1 Å². The first kappa shape index (κ1) is 13.6. The van der Waals surface area contributed by atoms with Crippen molar-refractivity contribution in [2.45, 2.75) is 39.7 Å². The highest BCUT2D eigenvalue weighted by atomic mass is 16.5. The number of esters is 1. The fraction of sp³-hybridized carbons (Fsp3) is 0.727. The van der Waals surface area contributed by atoms with Crippen LogP contribution in [0.3, 0.4) is 0 Å². The van der Waals surface area contributed by atoms with E-state index in [0.717, 1.165) is 0 Å². The molecule has 1 atom stereocenters. The van der Waals surface area contributed by atoms with E-state index in [0.29, 0.717) is 37.7 Å². The molecule has 0 aliphatic heterocycles. The maximum Gasteiger partial charge on any atom is 0.307 e. The van der Waals surface area contributed by atoms with Crippen molar-refractivity contribution in [3.8, 4) is 0 Å². The molecule has 0 fully saturated rings. The number of carbonyl (C=O) groups is 1. The topological polar surface area (TPSA) is 77.2 Å². The third-order valence-corrected chi connectivity index (χ3v) is 2.18. The van der Waals surface area contributed by atoms with Crippen LogP contribution in [0, 0.1) is 6.92 Å². The quantitative estimate of drug-likeness (QED) is 0.713. The minimum Gasteiger partial charge on any atom is -0.466 e. The summed E-state index contributed by atoms with van der Waals surface area (Å²) in [6.07, 6.45) is 1.03. The van der Waals surface area contributed by atoms with Crippen molar-refractivity contribution in [1.82, 2.24) is 15.5 Å². The lowest BCUT2D eigenvalue weighted by molar-refractivity contribution is -0.143. The van der Waals surface area contributed by atoms with Gasteiger partial charge in [0, 0.05) is 19.0 Å². The second-order valence-electron chi connectivity index (χ2n) is 3.85. The van der Waals surface area contributed by atoms with Gasteiger partial charge in [0.15, 0.2) is 5.82 Å². The van der Waals surface area contributed by atoms with Crippen LogP contribution in [0.15, 0.2) is 4.52 Å². The molecule has 1 aromatic rings. The Bertz CT molecular complexity index is 351. The van der Waals surface area contributed by atoms with Crippen LogP contribution in [0.2, 0.25) is 0 Å². The number of carbonyl (C=O) groups excluding carboxylic acids is 1. The fourth-order valence-electron chi connectivity index (χ4n) is 1.41. The number of hydrogen-bond donors (Lipinski definition) is 1.